The van der Waals surface area contributed by atoms with Gasteiger partial charge in [-0.1, -0.05) is 30.5 Å². The number of methoxy groups -OCH3 is 1. The predicted molar refractivity (Wildman–Crippen MR) is 145 cm³/mol. The summed E-state index contributed by atoms with van der Waals surface area (Å²) in [4.78, 5) is 13.9. The molecule has 1 saturated carbocycles. The Hall–Kier alpha value is -3.38. The van der Waals surface area contributed by atoms with Crippen molar-refractivity contribution in [2.45, 2.75) is 45.2 Å². The van der Waals surface area contributed by atoms with Gasteiger partial charge in [-0.05, 0) is 56.6 Å². The summed E-state index contributed by atoms with van der Waals surface area (Å²) < 4.78 is 41.0. The zero-order valence-electron chi connectivity index (χ0n) is 22.1. The number of amides is 1. The van der Waals surface area contributed by atoms with Crippen molar-refractivity contribution < 1.29 is 22.5 Å². The van der Waals surface area contributed by atoms with E-state index < -0.39 is 10.0 Å². The zero-order valence-corrected chi connectivity index (χ0v) is 23.0. The average Bonchev–Trinajstić information content (AvgIpc) is 3.49. The maximum Gasteiger partial charge on any atom is 0.244 e. The van der Waals surface area contributed by atoms with E-state index in [1.165, 1.54) is 19.6 Å². The molecule has 0 bridgehead atoms. The molecule has 0 radical (unpaired) electrons. The van der Waals surface area contributed by atoms with Crippen LogP contribution in [0.25, 0.3) is 11.0 Å². The lowest BCUT2D eigenvalue weighted by molar-refractivity contribution is -0.116. The second kappa shape index (κ2) is 12.4. The Morgan fingerprint density at radius 2 is 2.05 bits per heavy atom. The second-order valence-corrected chi connectivity index (χ2v) is 11.7. The van der Waals surface area contributed by atoms with Crippen LogP contribution >= 0.6 is 0 Å². The van der Waals surface area contributed by atoms with Gasteiger partial charge in [-0.2, -0.15) is 5.10 Å². The molecule has 1 aliphatic rings. The van der Waals surface area contributed by atoms with Crippen LogP contribution in [0.1, 0.15) is 43.4 Å². The third kappa shape index (κ3) is 7.57. The van der Waals surface area contributed by atoms with E-state index in [4.69, 9.17) is 9.26 Å². The van der Waals surface area contributed by atoms with Crippen LogP contribution in [0.5, 0.6) is 5.75 Å². The number of carbonyl (C=O) groups excluding carboxylic acids is 1. The summed E-state index contributed by atoms with van der Waals surface area (Å²) in [5.41, 5.74) is 1.98. The standard InChI is InChI=1S/C26H36N6O5S/c1-31(2)12-7-10-24(33)27-16-21-11-13-32(28-21)17-20-14-22(36-3)25-23(15-20)37-29-26(25)30-38(34,35)18-19-8-5-4-6-9-19/h7,10-11,13-15,19H,4-6,8-9,12,16-18H2,1-3H3,(H,27,33)(H,29,30)/b10-7+. The lowest BCUT2D eigenvalue weighted by Crippen LogP contribution is -2.24. The van der Waals surface area contributed by atoms with Crippen molar-refractivity contribution in [2.75, 3.05) is 38.2 Å². The number of benzene rings is 1. The number of nitrogens with one attached hydrogen (secondary N) is 2. The van der Waals surface area contributed by atoms with Crippen molar-refractivity contribution in [3.05, 3.63) is 47.8 Å². The van der Waals surface area contributed by atoms with Gasteiger partial charge in [0.1, 0.15) is 11.1 Å². The van der Waals surface area contributed by atoms with Crippen LogP contribution in [-0.2, 0) is 27.9 Å². The maximum atomic E-state index is 12.8. The van der Waals surface area contributed by atoms with E-state index in [1.807, 2.05) is 37.3 Å². The monoisotopic (exact) mass is 544 g/mol. The van der Waals surface area contributed by atoms with Gasteiger partial charge in [0.05, 0.1) is 31.6 Å². The summed E-state index contributed by atoms with van der Waals surface area (Å²) in [5.74, 6) is 0.664. The molecule has 12 heteroatoms. The van der Waals surface area contributed by atoms with Crippen molar-refractivity contribution >= 4 is 32.7 Å². The lowest BCUT2D eigenvalue weighted by atomic mass is 9.91. The molecule has 1 fully saturated rings. The Morgan fingerprint density at radius 1 is 1.26 bits per heavy atom. The van der Waals surface area contributed by atoms with Crippen LogP contribution in [0.4, 0.5) is 5.82 Å². The highest BCUT2D eigenvalue weighted by Crippen LogP contribution is 2.35. The van der Waals surface area contributed by atoms with Gasteiger partial charge < -0.3 is 19.5 Å². The summed E-state index contributed by atoms with van der Waals surface area (Å²) in [6.45, 7) is 1.42. The average molecular weight is 545 g/mol. The number of rotatable bonds is 12. The molecule has 1 aromatic carbocycles. The molecule has 38 heavy (non-hydrogen) atoms. The molecule has 0 aliphatic heterocycles. The molecule has 2 heterocycles. The molecule has 0 unspecified atom stereocenters. The van der Waals surface area contributed by atoms with Crippen molar-refractivity contribution in [3.63, 3.8) is 0 Å². The summed E-state index contributed by atoms with van der Waals surface area (Å²) in [5, 5.41) is 11.8. The molecule has 0 spiro atoms. The van der Waals surface area contributed by atoms with Crippen molar-refractivity contribution in [1.29, 1.82) is 0 Å². The van der Waals surface area contributed by atoms with Crippen molar-refractivity contribution in [1.82, 2.24) is 25.2 Å². The summed E-state index contributed by atoms with van der Waals surface area (Å²) in [7, 11) is 1.81. The van der Waals surface area contributed by atoms with E-state index in [0.29, 0.717) is 36.4 Å². The van der Waals surface area contributed by atoms with Crippen LogP contribution in [-0.4, -0.2) is 67.7 Å². The number of hydrogen-bond acceptors (Lipinski definition) is 8. The number of fused-ring (bicyclic) bond motifs is 1. The fourth-order valence-electron chi connectivity index (χ4n) is 4.65. The molecule has 4 rings (SSSR count). The predicted octanol–water partition coefficient (Wildman–Crippen LogP) is 3.14. The highest BCUT2D eigenvalue weighted by atomic mass is 32.2. The summed E-state index contributed by atoms with van der Waals surface area (Å²) in [6.07, 6.45) is 10.3. The van der Waals surface area contributed by atoms with Crippen LogP contribution in [0, 0.1) is 5.92 Å². The Labute approximate surface area is 223 Å². The first kappa shape index (κ1) is 27.6. The number of sulfonamides is 1. The smallest absolute Gasteiger partial charge is 0.244 e. The van der Waals surface area contributed by atoms with Gasteiger partial charge >= 0.3 is 0 Å². The van der Waals surface area contributed by atoms with Gasteiger partial charge in [0.15, 0.2) is 11.4 Å². The van der Waals surface area contributed by atoms with E-state index in [9.17, 15) is 13.2 Å². The summed E-state index contributed by atoms with van der Waals surface area (Å²) >= 11 is 0. The molecule has 1 aliphatic carbocycles. The normalized spacial score (nSPS) is 14.9. The third-order valence-electron chi connectivity index (χ3n) is 6.47. The molecule has 1 amide bonds. The Balaban J connectivity index is 1.41. The summed E-state index contributed by atoms with van der Waals surface area (Å²) in [6, 6.07) is 5.45. The number of likely N-dealkylation sites (N-methyl/N-ethyl adjacent to an activating group) is 1. The zero-order chi connectivity index (χ0) is 27.1. The van der Waals surface area contributed by atoms with E-state index in [-0.39, 0.29) is 23.4 Å². The van der Waals surface area contributed by atoms with Crippen molar-refractivity contribution in [2.24, 2.45) is 5.92 Å². The number of aromatic nitrogens is 3. The first-order valence-electron chi connectivity index (χ1n) is 12.8. The molecular weight excluding hydrogens is 508 g/mol. The van der Waals surface area contributed by atoms with Gasteiger partial charge in [-0.25, -0.2) is 8.42 Å². The number of hydrogen-bond donors (Lipinski definition) is 2. The Morgan fingerprint density at radius 3 is 2.79 bits per heavy atom. The Kier molecular flexibility index (Phi) is 9.05. The SMILES string of the molecule is COc1cc(Cn2ccc(CNC(=O)/C=C/CN(C)C)n2)cc2onc(NS(=O)(=O)CC3CCCCC3)c12. The minimum absolute atomic E-state index is 0.0796. The molecular formula is C26H36N6O5S. The van der Waals surface area contributed by atoms with Gasteiger partial charge in [0.25, 0.3) is 0 Å². The van der Waals surface area contributed by atoms with E-state index in [0.717, 1.165) is 36.9 Å². The second-order valence-electron chi connectivity index (χ2n) is 9.98. The van der Waals surface area contributed by atoms with Gasteiger partial charge in [-0.15, -0.1) is 0 Å². The van der Waals surface area contributed by atoms with Crippen LogP contribution in [0.3, 0.4) is 0 Å². The minimum Gasteiger partial charge on any atom is -0.496 e. The molecule has 3 aromatic rings. The first-order chi connectivity index (χ1) is 18.2. The molecule has 206 valence electrons. The molecule has 2 aromatic heterocycles. The fourth-order valence-corrected chi connectivity index (χ4v) is 6.12. The number of carbonyl (C=O) groups is 1. The molecule has 0 saturated heterocycles. The quantitative estimate of drug-likeness (QED) is 0.333. The van der Waals surface area contributed by atoms with Gasteiger partial charge in [0.2, 0.25) is 15.9 Å². The van der Waals surface area contributed by atoms with Crippen LogP contribution in [0.15, 0.2) is 41.1 Å². The Bertz CT molecular complexity index is 1370. The number of anilines is 1. The molecule has 2 N–H and O–H groups in total. The van der Waals surface area contributed by atoms with E-state index in [2.05, 4.69) is 20.3 Å². The molecule has 0 atom stereocenters. The van der Waals surface area contributed by atoms with Crippen molar-refractivity contribution in [3.8, 4) is 5.75 Å². The van der Waals surface area contributed by atoms with Crippen LogP contribution in [0.2, 0.25) is 0 Å². The first-order valence-corrected chi connectivity index (χ1v) is 14.5. The topological polar surface area (TPSA) is 132 Å². The van der Waals surface area contributed by atoms with Crippen LogP contribution < -0.4 is 14.8 Å². The van der Waals surface area contributed by atoms with E-state index in [1.54, 1.807) is 16.8 Å². The van der Waals surface area contributed by atoms with Gasteiger partial charge in [-0.3, -0.25) is 14.2 Å². The number of ether oxygens (including phenoxy) is 1. The lowest BCUT2D eigenvalue weighted by Gasteiger charge is -2.21. The molecule has 11 nitrogen and oxygen atoms in total. The van der Waals surface area contributed by atoms with E-state index >= 15 is 0 Å². The third-order valence-corrected chi connectivity index (χ3v) is 7.89. The minimum atomic E-state index is -3.58. The highest BCUT2D eigenvalue weighted by molar-refractivity contribution is 7.92. The van der Waals surface area contributed by atoms with Gasteiger partial charge in [0, 0.05) is 18.8 Å². The fraction of sp³-hybridized carbons (Fsp3) is 0.500. The number of nitrogens with zero attached hydrogens (tertiary/aromatic N) is 4. The maximum absolute atomic E-state index is 12.8. The largest absolute Gasteiger partial charge is 0.496 e. The highest BCUT2D eigenvalue weighted by Gasteiger charge is 2.24.